The number of hydrogen-bond donors (Lipinski definition) is 2. The Morgan fingerprint density at radius 3 is 2.67 bits per heavy atom. The molecule has 1 aromatic rings. The summed E-state index contributed by atoms with van der Waals surface area (Å²) in [5.74, 6) is -0.0206. The van der Waals surface area contributed by atoms with E-state index in [2.05, 4.69) is 0 Å². The molecule has 1 aliphatic heterocycles. The van der Waals surface area contributed by atoms with Gasteiger partial charge in [-0.05, 0) is 24.3 Å². The van der Waals surface area contributed by atoms with Crippen LogP contribution in [0, 0.1) is 11.8 Å². The van der Waals surface area contributed by atoms with Crippen molar-refractivity contribution in [3.8, 4) is 0 Å². The summed E-state index contributed by atoms with van der Waals surface area (Å²) in [6.45, 7) is 1.39. The third kappa shape index (κ3) is 4.44. The van der Waals surface area contributed by atoms with Crippen LogP contribution in [-0.4, -0.2) is 47.5 Å². The normalized spacial score (nSPS) is 18.8. The molecule has 0 bridgehead atoms. The Kier molecular flexibility index (Phi) is 6.02. The number of ether oxygens (including phenoxy) is 1. The smallest absolute Gasteiger partial charge is 0.410 e. The van der Waals surface area contributed by atoms with E-state index in [1.54, 1.807) is 4.90 Å². The minimum atomic E-state index is -0.321. The van der Waals surface area contributed by atoms with Crippen molar-refractivity contribution in [1.29, 1.82) is 0 Å². The van der Waals surface area contributed by atoms with Crippen molar-refractivity contribution < 1.29 is 19.7 Å². The lowest BCUT2D eigenvalue weighted by Crippen LogP contribution is -2.43. The fourth-order valence-corrected chi connectivity index (χ4v) is 2.73. The number of benzene rings is 1. The highest BCUT2D eigenvalue weighted by molar-refractivity contribution is 5.67. The first kappa shape index (κ1) is 15.8. The Morgan fingerprint density at radius 2 is 2.00 bits per heavy atom. The lowest BCUT2D eigenvalue weighted by molar-refractivity contribution is 0.0434. The quantitative estimate of drug-likeness (QED) is 0.866. The number of amides is 1. The summed E-state index contributed by atoms with van der Waals surface area (Å²) in [5.41, 5.74) is 0.961. The van der Waals surface area contributed by atoms with Crippen LogP contribution in [0.25, 0.3) is 0 Å². The highest BCUT2D eigenvalue weighted by Gasteiger charge is 2.29. The second-order valence-electron chi connectivity index (χ2n) is 5.51. The number of carbonyl (C=O) groups is 1. The molecule has 1 saturated heterocycles. The lowest BCUT2D eigenvalue weighted by Gasteiger charge is -2.35. The van der Waals surface area contributed by atoms with Crippen molar-refractivity contribution in [3.63, 3.8) is 0 Å². The third-order valence-corrected chi connectivity index (χ3v) is 4.06. The monoisotopic (exact) mass is 293 g/mol. The van der Waals surface area contributed by atoms with Gasteiger partial charge in [0.2, 0.25) is 0 Å². The van der Waals surface area contributed by atoms with Crippen LogP contribution in [0.4, 0.5) is 4.79 Å². The summed E-state index contributed by atoms with van der Waals surface area (Å²) >= 11 is 0. The molecule has 2 rings (SSSR count). The van der Waals surface area contributed by atoms with E-state index in [9.17, 15) is 15.0 Å². The average molecular weight is 293 g/mol. The molecule has 0 aromatic heterocycles. The van der Waals surface area contributed by atoms with Gasteiger partial charge >= 0.3 is 6.09 Å². The molecule has 0 aliphatic carbocycles. The standard InChI is InChI=1S/C16H23NO4/c18-10-15(11-19)14-7-4-8-17(9-14)16(20)21-12-13-5-2-1-3-6-13/h1-3,5-6,14-15,18-19H,4,7-12H2/t14-/m0/s1. The van der Waals surface area contributed by atoms with Crippen LogP contribution in [0.5, 0.6) is 0 Å². The summed E-state index contributed by atoms with van der Waals surface area (Å²) in [6, 6.07) is 9.57. The molecule has 1 aliphatic rings. The van der Waals surface area contributed by atoms with Gasteiger partial charge < -0.3 is 19.8 Å². The molecule has 2 N–H and O–H groups in total. The number of aliphatic hydroxyl groups is 2. The van der Waals surface area contributed by atoms with Crippen LogP contribution < -0.4 is 0 Å². The number of nitrogens with zero attached hydrogens (tertiary/aromatic N) is 1. The predicted octanol–water partition coefficient (Wildman–Crippen LogP) is 1.64. The molecule has 0 unspecified atom stereocenters. The van der Waals surface area contributed by atoms with E-state index < -0.39 is 0 Å². The van der Waals surface area contributed by atoms with E-state index in [0.717, 1.165) is 18.4 Å². The van der Waals surface area contributed by atoms with Gasteiger partial charge in [0, 0.05) is 32.2 Å². The number of piperidine rings is 1. The number of hydrogen-bond acceptors (Lipinski definition) is 4. The van der Waals surface area contributed by atoms with Crippen molar-refractivity contribution in [2.45, 2.75) is 19.4 Å². The Morgan fingerprint density at radius 1 is 1.29 bits per heavy atom. The van der Waals surface area contributed by atoms with Crippen molar-refractivity contribution >= 4 is 6.09 Å². The van der Waals surface area contributed by atoms with E-state index in [1.165, 1.54) is 0 Å². The number of rotatable bonds is 5. The van der Waals surface area contributed by atoms with Gasteiger partial charge in [0.05, 0.1) is 0 Å². The van der Waals surface area contributed by atoms with Crippen LogP contribution in [0.15, 0.2) is 30.3 Å². The zero-order valence-electron chi connectivity index (χ0n) is 12.1. The molecule has 1 heterocycles. The Balaban J connectivity index is 1.84. The van der Waals surface area contributed by atoms with Crippen LogP contribution in [0.2, 0.25) is 0 Å². The first-order valence-electron chi connectivity index (χ1n) is 7.42. The van der Waals surface area contributed by atoms with Crippen LogP contribution in [0.1, 0.15) is 18.4 Å². The van der Waals surface area contributed by atoms with Gasteiger partial charge in [-0.1, -0.05) is 30.3 Å². The van der Waals surface area contributed by atoms with Gasteiger partial charge in [-0.15, -0.1) is 0 Å². The predicted molar refractivity (Wildman–Crippen MR) is 78.6 cm³/mol. The van der Waals surface area contributed by atoms with Crippen molar-refractivity contribution in [2.24, 2.45) is 11.8 Å². The SMILES string of the molecule is O=C(OCc1ccccc1)N1CCC[C@H](C(CO)CO)C1. The van der Waals surface area contributed by atoms with Gasteiger partial charge in [0.15, 0.2) is 0 Å². The van der Waals surface area contributed by atoms with E-state index in [4.69, 9.17) is 4.74 Å². The first-order valence-corrected chi connectivity index (χ1v) is 7.42. The minimum Gasteiger partial charge on any atom is -0.445 e. The second kappa shape index (κ2) is 8.00. The molecule has 0 spiro atoms. The molecule has 5 nitrogen and oxygen atoms in total. The molecule has 1 fully saturated rings. The van der Waals surface area contributed by atoms with E-state index in [1.807, 2.05) is 30.3 Å². The van der Waals surface area contributed by atoms with E-state index >= 15 is 0 Å². The molecule has 5 heteroatoms. The Hall–Kier alpha value is -1.59. The molecule has 21 heavy (non-hydrogen) atoms. The zero-order valence-corrected chi connectivity index (χ0v) is 12.1. The zero-order chi connectivity index (χ0) is 15.1. The molecule has 116 valence electrons. The largest absolute Gasteiger partial charge is 0.445 e. The minimum absolute atomic E-state index is 0.0475. The third-order valence-electron chi connectivity index (χ3n) is 4.06. The summed E-state index contributed by atoms with van der Waals surface area (Å²) in [5, 5.41) is 18.5. The molecule has 0 saturated carbocycles. The molecule has 0 radical (unpaired) electrons. The Labute approximate surface area is 125 Å². The van der Waals surface area contributed by atoms with E-state index in [0.29, 0.717) is 13.1 Å². The second-order valence-corrected chi connectivity index (χ2v) is 5.51. The summed E-state index contributed by atoms with van der Waals surface area (Å²) < 4.78 is 5.32. The van der Waals surface area contributed by atoms with Gasteiger partial charge in [-0.3, -0.25) is 0 Å². The molecular weight excluding hydrogens is 270 g/mol. The molecule has 1 amide bonds. The number of aliphatic hydroxyl groups excluding tert-OH is 2. The highest BCUT2D eigenvalue weighted by Crippen LogP contribution is 2.24. The van der Waals surface area contributed by atoms with Gasteiger partial charge in [0.1, 0.15) is 6.61 Å². The average Bonchev–Trinajstić information content (AvgIpc) is 2.55. The maximum Gasteiger partial charge on any atom is 0.410 e. The first-order chi connectivity index (χ1) is 10.2. The number of likely N-dealkylation sites (tertiary alicyclic amines) is 1. The van der Waals surface area contributed by atoms with Crippen LogP contribution in [0.3, 0.4) is 0 Å². The molecular formula is C16H23NO4. The van der Waals surface area contributed by atoms with Gasteiger partial charge in [0.25, 0.3) is 0 Å². The van der Waals surface area contributed by atoms with Gasteiger partial charge in [-0.2, -0.15) is 0 Å². The van der Waals surface area contributed by atoms with Crippen molar-refractivity contribution in [1.82, 2.24) is 4.90 Å². The van der Waals surface area contributed by atoms with Crippen molar-refractivity contribution in [3.05, 3.63) is 35.9 Å². The summed E-state index contributed by atoms with van der Waals surface area (Å²) in [7, 11) is 0. The van der Waals surface area contributed by atoms with Crippen LogP contribution in [-0.2, 0) is 11.3 Å². The molecule has 1 atom stereocenters. The van der Waals surface area contributed by atoms with Crippen molar-refractivity contribution in [2.75, 3.05) is 26.3 Å². The van der Waals surface area contributed by atoms with Gasteiger partial charge in [-0.25, -0.2) is 4.79 Å². The topological polar surface area (TPSA) is 70.0 Å². The van der Waals surface area contributed by atoms with Crippen LogP contribution >= 0.6 is 0 Å². The Bertz CT molecular complexity index is 433. The maximum atomic E-state index is 12.1. The fourth-order valence-electron chi connectivity index (χ4n) is 2.73. The molecule has 1 aromatic carbocycles. The fraction of sp³-hybridized carbons (Fsp3) is 0.562. The summed E-state index contributed by atoms with van der Waals surface area (Å²) in [4.78, 5) is 13.8. The number of carbonyl (C=O) groups excluding carboxylic acids is 1. The lowest BCUT2D eigenvalue weighted by atomic mass is 9.86. The van der Waals surface area contributed by atoms with E-state index in [-0.39, 0.29) is 37.7 Å². The summed E-state index contributed by atoms with van der Waals surface area (Å²) in [6.07, 6.45) is 1.48. The maximum absolute atomic E-state index is 12.1. The highest BCUT2D eigenvalue weighted by atomic mass is 16.6.